The van der Waals surface area contributed by atoms with Crippen LogP contribution in [0.5, 0.6) is 5.75 Å². The van der Waals surface area contributed by atoms with E-state index in [1.54, 1.807) is 0 Å². The van der Waals surface area contributed by atoms with E-state index in [1.165, 1.54) is 18.4 Å². The molecule has 0 radical (unpaired) electrons. The molecule has 0 saturated heterocycles. The topological polar surface area (TPSA) is 21.3 Å². The third-order valence-corrected chi connectivity index (χ3v) is 4.12. The van der Waals surface area contributed by atoms with E-state index in [0.717, 1.165) is 28.4 Å². The Labute approximate surface area is 128 Å². The van der Waals surface area contributed by atoms with Crippen molar-refractivity contribution in [3.05, 3.63) is 58.6 Å². The minimum Gasteiger partial charge on any atom is -0.488 e. The van der Waals surface area contributed by atoms with E-state index in [2.05, 4.69) is 45.5 Å². The van der Waals surface area contributed by atoms with Gasteiger partial charge in [0, 0.05) is 18.3 Å². The van der Waals surface area contributed by atoms with E-state index in [0.29, 0.717) is 6.61 Å². The Bertz CT molecular complexity index is 566. The van der Waals surface area contributed by atoms with Crippen molar-refractivity contribution in [2.24, 2.45) is 5.92 Å². The van der Waals surface area contributed by atoms with Crippen LogP contribution in [-0.4, -0.2) is 6.54 Å². The molecule has 3 rings (SSSR count). The van der Waals surface area contributed by atoms with Gasteiger partial charge in [0.25, 0.3) is 0 Å². The fourth-order valence-corrected chi connectivity index (χ4v) is 2.40. The zero-order valence-corrected chi connectivity index (χ0v) is 12.9. The first-order valence-electron chi connectivity index (χ1n) is 7.01. The zero-order chi connectivity index (χ0) is 13.8. The van der Waals surface area contributed by atoms with E-state index in [9.17, 15) is 0 Å². The van der Waals surface area contributed by atoms with Crippen molar-refractivity contribution in [3.63, 3.8) is 0 Å². The summed E-state index contributed by atoms with van der Waals surface area (Å²) in [6.45, 7) is 1.66. The highest BCUT2D eigenvalue weighted by Gasteiger charge is 2.20. The molecule has 1 N–H and O–H groups in total. The van der Waals surface area contributed by atoms with E-state index >= 15 is 0 Å². The van der Waals surface area contributed by atoms with E-state index < -0.39 is 0 Å². The molecule has 0 heterocycles. The molecule has 0 amide bonds. The van der Waals surface area contributed by atoms with Crippen LogP contribution in [0.2, 0.25) is 0 Å². The lowest BCUT2D eigenvalue weighted by atomic mass is 10.2. The average Bonchev–Trinajstić information content (AvgIpc) is 3.30. The number of hydrogen-bond donors (Lipinski definition) is 1. The van der Waals surface area contributed by atoms with Gasteiger partial charge >= 0.3 is 0 Å². The summed E-state index contributed by atoms with van der Waals surface area (Å²) < 4.78 is 6.89. The molecule has 2 nitrogen and oxygen atoms in total. The van der Waals surface area contributed by atoms with Gasteiger partial charge in [-0.2, -0.15) is 0 Å². The van der Waals surface area contributed by atoms with Crippen molar-refractivity contribution in [1.82, 2.24) is 0 Å². The summed E-state index contributed by atoms with van der Waals surface area (Å²) >= 11 is 3.54. The Morgan fingerprint density at radius 1 is 1.10 bits per heavy atom. The predicted octanol–water partition coefficient (Wildman–Crippen LogP) is 4.85. The predicted molar refractivity (Wildman–Crippen MR) is 86.1 cm³/mol. The molecule has 2 aromatic carbocycles. The van der Waals surface area contributed by atoms with Crippen LogP contribution >= 0.6 is 15.9 Å². The summed E-state index contributed by atoms with van der Waals surface area (Å²) in [7, 11) is 0. The lowest BCUT2D eigenvalue weighted by Gasteiger charge is -2.11. The molecule has 1 aliphatic rings. The average molecular weight is 332 g/mol. The van der Waals surface area contributed by atoms with Gasteiger partial charge in [0.1, 0.15) is 12.4 Å². The van der Waals surface area contributed by atoms with Gasteiger partial charge in [-0.25, -0.2) is 0 Å². The van der Waals surface area contributed by atoms with Gasteiger partial charge in [-0.3, -0.25) is 0 Å². The van der Waals surface area contributed by atoms with E-state index in [1.807, 2.05) is 24.3 Å². The van der Waals surface area contributed by atoms with Crippen molar-refractivity contribution < 1.29 is 4.74 Å². The second-order valence-electron chi connectivity index (χ2n) is 5.24. The number of nitrogens with one attached hydrogen (secondary N) is 1. The molecule has 0 aromatic heterocycles. The Morgan fingerprint density at radius 3 is 2.65 bits per heavy atom. The van der Waals surface area contributed by atoms with Crippen molar-refractivity contribution in [1.29, 1.82) is 0 Å². The van der Waals surface area contributed by atoms with Crippen LogP contribution in [0.3, 0.4) is 0 Å². The standard InChI is InChI=1S/C17H18BrNO/c18-16-9-8-15(19-11-13-6-7-13)10-17(16)20-12-14-4-2-1-3-5-14/h1-5,8-10,13,19H,6-7,11-12H2. The SMILES string of the molecule is Brc1ccc(NCC2CC2)cc1OCc1ccccc1. The molecule has 1 aliphatic carbocycles. The molecule has 0 aliphatic heterocycles. The number of anilines is 1. The minimum atomic E-state index is 0.589. The highest BCUT2D eigenvalue weighted by atomic mass is 79.9. The van der Waals surface area contributed by atoms with E-state index in [-0.39, 0.29) is 0 Å². The number of halogens is 1. The molecule has 2 aromatic rings. The molecule has 0 atom stereocenters. The van der Waals surface area contributed by atoms with E-state index in [4.69, 9.17) is 4.74 Å². The third kappa shape index (κ3) is 3.76. The van der Waals surface area contributed by atoms with Gasteiger partial charge in [0.15, 0.2) is 0 Å². The van der Waals surface area contributed by atoms with Crippen molar-refractivity contribution in [2.45, 2.75) is 19.4 Å². The first kappa shape index (κ1) is 13.5. The number of ether oxygens (including phenoxy) is 1. The molecule has 0 spiro atoms. The van der Waals surface area contributed by atoms with Crippen LogP contribution in [0.1, 0.15) is 18.4 Å². The quantitative estimate of drug-likeness (QED) is 0.816. The molecule has 0 bridgehead atoms. The Balaban J connectivity index is 1.63. The van der Waals surface area contributed by atoms with Crippen molar-refractivity contribution >= 4 is 21.6 Å². The van der Waals surface area contributed by atoms with Crippen molar-refractivity contribution in [3.8, 4) is 5.75 Å². The lowest BCUT2D eigenvalue weighted by molar-refractivity contribution is 0.304. The number of hydrogen-bond acceptors (Lipinski definition) is 2. The Morgan fingerprint density at radius 2 is 1.90 bits per heavy atom. The summed E-state index contributed by atoms with van der Waals surface area (Å²) in [5.41, 5.74) is 2.30. The normalized spacial score (nSPS) is 14.1. The van der Waals surface area contributed by atoms with Gasteiger partial charge < -0.3 is 10.1 Å². The summed E-state index contributed by atoms with van der Waals surface area (Å²) in [6.07, 6.45) is 2.72. The maximum Gasteiger partial charge on any atom is 0.136 e. The smallest absolute Gasteiger partial charge is 0.136 e. The van der Waals surface area contributed by atoms with Crippen LogP contribution in [0, 0.1) is 5.92 Å². The fourth-order valence-electron chi connectivity index (χ4n) is 2.04. The maximum absolute atomic E-state index is 5.90. The highest BCUT2D eigenvalue weighted by molar-refractivity contribution is 9.10. The molecular weight excluding hydrogens is 314 g/mol. The number of rotatable bonds is 6. The zero-order valence-electron chi connectivity index (χ0n) is 11.3. The molecule has 1 saturated carbocycles. The lowest BCUT2D eigenvalue weighted by Crippen LogP contribution is -2.03. The molecule has 104 valence electrons. The van der Waals surface area contributed by atoms with Gasteiger partial charge in [-0.15, -0.1) is 0 Å². The van der Waals surface area contributed by atoms with Crippen LogP contribution in [-0.2, 0) is 6.61 Å². The fraction of sp³-hybridized carbons (Fsp3) is 0.294. The Hall–Kier alpha value is -1.48. The van der Waals surface area contributed by atoms with Crippen LogP contribution in [0.4, 0.5) is 5.69 Å². The summed E-state index contributed by atoms with van der Waals surface area (Å²) in [4.78, 5) is 0. The largest absolute Gasteiger partial charge is 0.488 e. The maximum atomic E-state index is 5.90. The minimum absolute atomic E-state index is 0.589. The summed E-state index contributed by atoms with van der Waals surface area (Å²) in [5, 5.41) is 3.47. The highest BCUT2D eigenvalue weighted by Crippen LogP contribution is 2.31. The van der Waals surface area contributed by atoms with Gasteiger partial charge in [-0.1, -0.05) is 30.3 Å². The first-order chi connectivity index (χ1) is 9.81. The molecule has 20 heavy (non-hydrogen) atoms. The van der Waals surface area contributed by atoms with Crippen LogP contribution < -0.4 is 10.1 Å². The molecular formula is C17H18BrNO. The monoisotopic (exact) mass is 331 g/mol. The second kappa shape index (κ2) is 6.31. The Kier molecular flexibility index (Phi) is 4.26. The third-order valence-electron chi connectivity index (χ3n) is 3.46. The van der Waals surface area contributed by atoms with Gasteiger partial charge in [0.2, 0.25) is 0 Å². The van der Waals surface area contributed by atoms with Crippen LogP contribution in [0.15, 0.2) is 53.0 Å². The van der Waals surface area contributed by atoms with Crippen molar-refractivity contribution in [2.75, 3.05) is 11.9 Å². The summed E-state index contributed by atoms with van der Waals surface area (Å²) in [5.74, 6) is 1.75. The van der Waals surface area contributed by atoms with Gasteiger partial charge in [0.05, 0.1) is 4.47 Å². The molecule has 3 heteroatoms. The number of benzene rings is 2. The van der Waals surface area contributed by atoms with Crippen LogP contribution in [0.25, 0.3) is 0 Å². The second-order valence-corrected chi connectivity index (χ2v) is 6.10. The summed E-state index contributed by atoms with van der Waals surface area (Å²) in [6, 6.07) is 16.4. The molecule has 0 unspecified atom stereocenters. The molecule has 1 fully saturated rings. The van der Waals surface area contributed by atoms with Gasteiger partial charge in [-0.05, 0) is 52.4 Å². The first-order valence-corrected chi connectivity index (χ1v) is 7.81.